The van der Waals surface area contributed by atoms with Gasteiger partial charge in [0.15, 0.2) is 0 Å². The van der Waals surface area contributed by atoms with Gasteiger partial charge in [-0.05, 0) is 33.9 Å². The molecule has 2 aliphatic rings. The second-order valence-electron chi connectivity index (χ2n) is 5.45. The molecule has 0 aliphatic heterocycles. The SMILES string of the molecule is O=C1Cc2ccc3cccc4c3c2C(C1)C(O)C4. The van der Waals surface area contributed by atoms with Crippen LogP contribution in [0.5, 0.6) is 0 Å². The molecule has 2 aromatic rings. The van der Waals surface area contributed by atoms with E-state index in [4.69, 9.17) is 0 Å². The number of carbonyl (C=O) groups excluding carboxylic acids is 1. The van der Waals surface area contributed by atoms with Crippen molar-refractivity contribution in [3.05, 3.63) is 47.0 Å². The van der Waals surface area contributed by atoms with Gasteiger partial charge >= 0.3 is 0 Å². The van der Waals surface area contributed by atoms with Gasteiger partial charge in [0.1, 0.15) is 5.78 Å². The van der Waals surface area contributed by atoms with Crippen molar-refractivity contribution in [1.29, 1.82) is 0 Å². The van der Waals surface area contributed by atoms with E-state index in [2.05, 4.69) is 24.3 Å². The van der Waals surface area contributed by atoms with Crippen molar-refractivity contribution in [2.45, 2.75) is 31.3 Å². The van der Waals surface area contributed by atoms with Gasteiger partial charge < -0.3 is 5.11 Å². The molecule has 2 unspecified atom stereocenters. The maximum Gasteiger partial charge on any atom is 0.137 e. The van der Waals surface area contributed by atoms with Crippen LogP contribution in [-0.4, -0.2) is 17.0 Å². The van der Waals surface area contributed by atoms with Crippen molar-refractivity contribution in [2.24, 2.45) is 0 Å². The van der Waals surface area contributed by atoms with Crippen LogP contribution >= 0.6 is 0 Å². The van der Waals surface area contributed by atoms with Crippen LogP contribution < -0.4 is 0 Å². The first-order valence-electron chi connectivity index (χ1n) is 6.47. The van der Waals surface area contributed by atoms with E-state index in [9.17, 15) is 9.90 Å². The fraction of sp³-hybridized carbons (Fsp3) is 0.312. The molecule has 2 aliphatic carbocycles. The highest BCUT2D eigenvalue weighted by atomic mass is 16.3. The summed E-state index contributed by atoms with van der Waals surface area (Å²) in [6, 6.07) is 10.4. The topological polar surface area (TPSA) is 37.3 Å². The van der Waals surface area contributed by atoms with Gasteiger partial charge in [-0.1, -0.05) is 30.3 Å². The summed E-state index contributed by atoms with van der Waals surface area (Å²) in [6.07, 6.45) is 1.30. The quantitative estimate of drug-likeness (QED) is 0.765. The van der Waals surface area contributed by atoms with Crippen molar-refractivity contribution in [3.8, 4) is 0 Å². The van der Waals surface area contributed by atoms with Gasteiger partial charge in [0, 0.05) is 18.8 Å². The van der Waals surface area contributed by atoms with Crippen molar-refractivity contribution in [1.82, 2.24) is 0 Å². The highest BCUT2D eigenvalue weighted by Crippen LogP contribution is 2.43. The Kier molecular flexibility index (Phi) is 1.95. The average molecular weight is 238 g/mol. The van der Waals surface area contributed by atoms with Gasteiger partial charge in [-0.2, -0.15) is 0 Å². The number of aliphatic hydroxyl groups is 1. The molecule has 0 saturated carbocycles. The Bertz CT molecular complexity index is 672. The van der Waals surface area contributed by atoms with Crippen LogP contribution in [0.4, 0.5) is 0 Å². The lowest BCUT2D eigenvalue weighted by atomic mass is 9.71. The van der Waals surface area contributed by atoms with Crippen molar-refractivity contribution in [3.63, 3.8) is 0 Å². The molecule has 4 rings (SSSR count). The molecule has 0 saturated heterocycles. The molecule has 0 amide bonds. The summed E-state index contributed by atoms with van der Waals surface area (Å²) in [5.41, 5.74) is 3.58. The minimum absolute atomic E-state index is 0.0137. The number of benzene rings is 2. The summed E-state index contributed by atoms with van der Waals surface area (Å²) in [5.74, 6) is 0.269. The minimum Gasteiger partial charge on any atom is -0.392 e. The highest BCUT2D eigenvalue weighted by Gasteiger charge is 2.35. The van der Waals surface area contributed by atoms with Crippen LogP contribution in [0.25, 0.3) is 10.8 Å². The Morgan fingerprint density at radius 2 is 1.94 bits per heavy atom. The first-order valence-corrected chi connectivity index (χ1v) is 6.47. The third kappa shape index (κ3) is 1.24. The maximum atomic E-state index is 11.8. The Morgan fingerprint density at radius 1 is 1.06 bits per heavy atom. The van der Waals surface area contributed by atoms with Gasteiger partial charge in [-0.15, -0.1) is 0 Å². The molecule has 2 atom stereocenters. The van der Waals surface area contributed by atoms with Crippen LogP contribution in [0, 0.1) is 0 Å². The zero-order valence-electron chi connectivity index (χ0n) is 10.0. The smallest absolute Gasteiger partial charge is 0.137 e. The van der Waals surface area contributed by atoms with Crippen LogP contribution in [0.2, 0.25) is 0 Å². The van der Waals surface area contributed by atoms with E-state index < -0.39 is 6.10 Å². The van der Waals surface area contributed by atoms with Crippen molar-refractivity contribution >= 4 is 16.6 Å². The molecular formula is C16H14O2. The fourth-order valence-corrected chi connectivity index (χ4v) is 3.60. The summed E-state index contributed by atoms with van der Waals surface area (Å²) in [7, 11) is 0. The van der Waals surface area contributed by atoms with Crippen molar-refractivity contribution in [2.75, 3.05) is 0 Å². The molecule has 0 bridgehead atoms. The predicted molar refractivity (Wildman–Crippen MR) is 69.7 cm³/mol. The molecule has 0 spiro atoms. The average Bonchev–Trinajstić information content (AvgIpc) is 2.36. The summed E-state index contributed by atoms with van der Waals surface area (Å²) >= 11 is 0. The number of aliphatic hydroxyl groups excluding tert-OH is 1. The van der Waals surface area contributed by atoms with Gasteiger partial charge in [0.05, 0.1) is 6.10 Å². The summed E-state index contributed by atoms with van der Waals surface area (Å²) < 4.78 is 0. The monoisotopic (exact) mass is 238 g/mol. The molecule has 0 aromatic heterocycles. The van der Waals surface area contributed by atoms with E-state index in [1.54, 1.807) is 0 Å². The Morgan fingerprint density at radius 3 is 2.83 bits per heavy atom. The summed E-state index contributed by atoms with van der Waals surface area (Å²) in [6.45, 7) is 0. The summed E-state index contributed by atoms with van der Waals surface area (Å²) in [5, 5.41) is 12.8. The molecule has 0 heterocycles. The van der Waals surface area contributed by atoms with E-state index >= 15 is 0 Å². The highest BCUT2D eigenvalue weighted by molar-refractivity contribution is 5.95. The van der Waals surface area contributed by atoms with E-state index in [1.165, 1.54) is 21.9 Å². The third-order valence-electron chi connectivity index (χ3n) is 4.36. The Labute approximate surface area is 105 Å². The second-order valence-corrected chi connectivity index (χ2v) is 5.45. The van der Waals surface area contributed by atoms with Crippen LogP contribution in [0.15, 0.2) is 30.3 Å². The number of hydrogen-bond acceptors (Lipinski definition) is 2. The second kappa shape index (κ2) is 3.42. The maximum absolute atomic E-state index is 11.8. The van der Waals surface area contributed by atoms with Gasteiger partial charge in [0.2, 0.25) is 0 Å². The molecule has 2 heteroatoms. The Balaban J connectivity index is 2.13. The zero-order chi connectivity index (χ0) is 12.3. The molecule has 2 nitrogen and oxygen atoms in total. The van der Waals surface area contributed by atoms with Gasteiger partial charge in [-0.3, -0.25) is 4.79 Å². The number of carbonyl (C=O) groups is 1. The standard InChI is InChI=1S/C16H14O2/c17-12-6-11-5-4-9-2-1-3-10-7-14(18)13(8-12)16(11)15(9)10/h1-5,13-14,18H,6-8H2. The minimum atomic E-state index is -0.409. The molecule has 90 valence electrons. The van der Waals surface area contributed by atoms with Gasteiger partial charge in [0.25, 0.3) is 0 Å². The van der Waals surface area contributed by atoms with E-state index in [0.29, 0.717) is 19.3 Å². The molecule has 1 N–H and O–H groups in total. The van der Waals surface area contributed by atoms with E-state index in [-0.39, 0.29) is 11.7 Å². The van der Waals surface area contributed by atoms with Crippen LogP contribution in [0.1, 0.15) is 29.0 Å². The largest absolute Gasteiger partial charge is 0.392 e. The number of rotatable bonds is 0. The molecule has 0 fully saturated rings. The van der Waals surface area contributed by atoms with Gasteiger partial charge in [-0.25, -0.2) is 0 Å². The predicted octanol–water partition coefficient (Wildman–Crippen LogP) is 2.36. The molecular weight excluding hydrogens is 224 g/mol. The number of Topliss-reactive ketones (excluding diaryl/α,β-unsaturated/α-hetero) is 1. The van der Waals surface area contributed by atoms with Crippen LogP contribution in [-0.2, 0) is 17.6 Å². The first-order chi connectivity index (χ1) is 8.74. The molecule has 2 aromatic carbocycles. The van der Waals surface area contributed by atoms with E-state index in [0.717, 1.165) is 5.56 Å². The third-order valence-corrected chi connectivity index (χ3v) is 4.36. The zero-order valence-corrected chi connectivity index (χ0v) is 10.0. The first kappa shape index (κ1) is 10.3. The van der Waals surface area contributed by atoms with E-state index in [1.807, 2.05) is 6.07 Å². The molecule has 0 radical (unpaired) electrons. The summed E-state index contributed by atoms with van der Waals surface area (Å²) in [4.78, 5) is 11.8. The Hall–Kier alpha value is -1.67. The van der Waals surface area contributed by atoms with Crippen molar-refractivity contribution < 1.29 is 9.90 Å². The lowest BCUT2D eigenvalue weighted by molar-refractivity contribution is -0.120. The normalized spacial score (nSPS) is 25.5. The lowest BCUT2D eigenvalue weighted by Crippen LogP contribution is -2.32. The molecule has 18 heavy (non-hydrogen) atoms. The van der Waals surface area contributed by atoms with Crippen LogP contribution in [0.3, 0.4) is 0 Å². The number of hydrogen-bond donors (Lipinski definition) is 1. The fourth-order valence-electron chi connectivity index (χ4n) is 3.60. The number of ketones is 1. The lowest BCUT2D eigenvalue weighted by Gasteiger charge is -2.34.